The number of carbonyl (C=O) groups is 1. The minimum Gasteiger partial charge on any atom is -0.485 e. The first-order valence-electron chi connectivity index (χ1n) is 6.98. The highest BCUT2D eigenvalue weighted by atomic mass is 35.5. The molecule has 0 aliphatic carbocycles. The molecule has 0 aromatic heterocycles. The van der Waals surface area contributed by atoms with Crippen molar-refractivity contribution < 1.29 is 19.0 Å². The van der Waals surface area contributed by atoms with Crippen molar-refractivity contribution >= 4 is 17.6 Å². The molecule has 4 nitrogen and oxygen atoms in total. The third-order valence-corrected chi connectivity index (χ3v) is 3.75. The summed E-state index contributed by atoms with van der Waals surface area (Å²) < 4.78 is 16.6. The standard InChI is InChI=1S/C17H15ClO4/c1-11(12-6-2-3-7-13(12)18)21-17(19)16-10-20-14-8-4-5-9-15(14)22-16/h2-9,11,16H,10H2,1H3/t11-,16+/m0/s1. The molecule has 0 amide bonds. The quantitative estimate of drug-likeness (QED) is 0.808. The molecular formula is C17H15ClO4. The summed E-state index contributed by atoms with van der Waals surface area (Å²) in [7, 11) is 0. The van der Waals surface area contributed by atoms with Crippen molar-refractivity contribution in [2.45, 2.75) is 19.1 Å². The fourth-order valence-electron chi connectivity index (χ4n) is 2.25. The van der Waals surface area contributed by atoms with Gasteiger partial charge in [-0.15, -0.1) is 0 Å². The zero-order valence-corrected chi connectivity index (χ0v) is 12.7. The van der Waals surface area contributed by atoms with Crippen LogP contribution in [0.15, 0.2) is 48.5 Å². The predicted molar refractivity (Wildman–Crippen MR) is 82.3 cm³/mol. The van der Waals surface area contributed by atoms with Gasteiger partial charge in [0.1, 0.15) is 12.7 Å². The predicted octanol–water partition coefficient (Wildman–Crippen LogP) is 3.78. The number of hydrogen-bond donors (Lipinski definition) is 0. The molecule has 0 radical (unpaired) electrons. The van der Waals surface area contributed by atoms with E-state index in [-0.39, 0.29) is 6.61 Å². The molecular weight excluding hydrogens is 304 g/mol. The average Bonchev–Trinajstić information content (AvgIpc) is 2.54. The lowest BCUT2D eigenvalue weighted by Gasteiger charge is -2.26. The number of benzene rings is 2. The van der Waals surface area contributed by atoms with Gasteiger partial charge >= 0.3 is 5.97 Å². The van der Waals surface area contributed by atoms with Gasteiger partial charge in [-0.05, 0) is 25.1 Å². The van der Waals surface area contributed by atoms with Crippen LogP contribution in [0.3, 0.4) is 0 Å². The zero-order valence-electron chi connectivity index (χ0n) is 12.0. The molecule has 114 valence electrons. The second-order valence-corrected chi connectivity index (χ2v) is 5.37. The first kappa shape index (κ1) is 14.7. The van der Waals surface area contributed by atoms with E-state index in [2.05, 4.69) is 0 Å². The molecule has 0 bridgehead atoms. The van der Waals surface area contributed by atoms with E-state index >= 15 is 0 Å². The van der Waals surface area contributed by atoms with Gasteiger partial charge in [0.05, 0.1) is 0 Å². The van der Waals surface area contributed by atoms with Crippen molar-refractivity contribution in [1.29, 1.82) is 0 Å². The molecule has 1 heterocycles. The molecule has 0 fully saturated rings. The second kappa shape index (κ2) is 6.28. The Bertz CT molecular complexity index is 686. The maximum Gasteiger partial charge on any atom is 0.351 e. The normalized spacial score (nSPS) is 17.6. The minimum absolute atomic E-state index is 0.130. The minimum atomic E-state index is -0.778. The van der Waals surface area contributed by atoms with Crippen LogP contribution in [0.5, 0.6) is 11.5 Å². The zero-order chi connectivity index (χ0) is 15.5. The number of para-hydroxylation sites is 2. The van der Waals surface area contributed by atoms with Crippen molar-refractivity contribution in [3.63, 3.8) is 0 Å². The number of rotatable bonds is 3. The van der Waals surface area contributed by atoms with Gasteiger partial charge in [0.2, 0.25) is 6.10 Å². The highest BCUT2D eigenvalue weighted by molar-refractivity contribution is 6.31. The van der Waals surface area contributed by atoms with Crippen LogP contribution in [0.4, 0.5) is 0 Å². The molecule has 1 aliphatic rings. The van der Waals surface area contributed by atoms with E-state index in [1.54, 1.807) is 25.1 Å². The monoisotopic (exact) mass is 318 g/mol. The largest absolute Gasteiger partial charge is 0.485 e. The summed E-state index contributed by atoms with van der Waals surface area (Å²) in [5.41, 5.74) is 0.759. The summed E-state index contributed by atoms with van der Waals surface area (Å²) in [4.78, 5) is 12.2. The number of fused-ring (bicyclic) bond motifs is 1. The Labute approximate surface area is 133 Å². The van der Waals surface area contributed by atoms with Crippen LogP contribution >= 0.6 is 11.6 Å². The van der Waals surface area contributed by atoms with E-state index in [9.17, 15) is 4.79 Å². The molecule has 3 rings (SSSR count). The number of ether oxygens (including phenoxy) is 3. The summed E-state index contributed by atoms with van der Waals surface area (Å²) in [5, 5.41) is 0.564. The van der Waals surface area contributed by atoms with E-state index in [1.165, 1.54) is 0 Å². The molecule has 2 aromatic rings. The summed E-state index contributed by atoms with van der Waals surface area (Å²) in [5.74, 6) is 0.703. The first-order chi connectivity index (χ1) is 10.6. The van der Waals surface area contributed by atoms with Crippen LogP contribution in [-0.2, 0) is 9.53 Å². The van der Waals surface area contributed by atoms with Crippen LogP contribution in [0.25, 0.3) is 0 Å². The Morgan fingerprint density at radius 3 is 2.64 bits per heavy atom. The highest BCUT2D eigenvalue weighted by Gasteiger charge is 2.30. The van der Waals surface area contributed by atoms with Crippen LogP contribution in [0.2, 0.25) is 5.02 Å². The molecule has 0 spiro atoms. The number of esters is 1. The van der Waals surface area contributed by atoms with Gasteiger partial charge in [0, 0.05) is 10.6 Å². The third-order valence-electron chi connectivity index (χ3n) is 3.41. The molecule has 0 N–H and O–H groups in total. The van der Waals surface area contributed by atoms with Crippen molar-refractivity contribution in [1.82, 2.24) is 0 Å². The Hall–Kier alpha value is -2.20. The molecule has 1 aliphatic heterocycles. The van der Waals surface area contributed by atoms with E-state index in [0.29, 0.717) is 16.5 Å². The van der Waals surface area contributed by atoms with Gasteiger partial charge in [-0.2, -0.15) is 0 Å². The molecule has 5 heteroatoms. The lowest BCUT2D eigenvalue weighted by atomic mass is 10.1. The van der Waals surface area contributed by atoms with Crippen LogP contribution in [0, 0.1) is 0 Å². The third kappa shape index (κ3) is 3.02. The van der Waals surface area contributed by atoms with Crippen LogP contribution in [-0.4, -0.2) is 18.7 Å². The summed E-state index contributed by atoms with van der Waals surface area (Å²) >= 11 is 6.11. The Kier molecular flexibility index (Phi) is 4.20. The lowest BCUT2D eigenvalue weighted by Crippen LogP contribution is -2.38. The van der Waals surface area contributed by atoms with Gasteiger partial charge in [-0.25, -0.2) is 4.79 Å². The summed E-state index contributed by atoms with van der Waals surface area (Å²) in [6.07, 6.45) is -1.23. The first-order valence-corrected chi connectivity index (χ1v) is 7.36. The van der Waals surface area contributed by atoms with Crippen molar-refractivity contribution in [2.75, 3.05) is 6.61 Å². The fourth-order valence-corrected chi connectivity index (χ4v) is 2.54. The highest BCUT2D eigenvalue weighted by Crippen LogP contribution is 2.32. The van der Waals surface area contributed by atoms with Gasteiger partial charge < -0.3 is 14.2 Å². The SMILES string of the molecule is C[C@H](OC(=O)[C@H]1COc2ccccc2O1)c1ccccc1Cl. The van der Waals surface area contributed by atoms with Crippen molar-refractivity contribution in [3.05, 3.63) is 59.1 Å². The van der Waals surface area contributed by atoms with Crippen LogP contribution in [0.1, 0.15) is 18.6 Å². The summed E-state index contributed by atoms with van der Waals surface area (Å²) in [6, 6.07) is 14.5. The molecule has 2 atom stereocenters. The Balaban J connectivity index is 1.67. The smallest absolute Gasteiger partial charge is 0.351 e. The number of carbonyl (C=O) groups excluding carboxylic acids is 1. The van der Waals surface area contributed by atoms with E-state index in [4.69, 9.17) is 25.8 Å². The van der Waals surface area contributed by atoms with Gasteiger partial charge in [0.25, 0.3) is 0 Å². The Morgan fingerprint density at radius 1 is 1.18 bits per heavy atom. The molecule has 22 heavy (non-hydrogen) atoms. The number of halogens is 1. The topological polar surface area (TPSA) is 44.8 Å². The van der Waals surface area contributed by atoms with Crippen molar-refractivity contribution in [3.8, 4) is 11.5 Å². The lowest BCUT2D eigenvalue weighted by molar-refractivity contribution is -0.159. The number of hydrogen-bond acceptors (Lipinski definition) is 4. The molecule has 0 saturated carbocycles. The average molecular weight is 319 g/mol. The van der Waals surface area contributed by atoms with E-state index in [1.807, 2.05) is 30.3 Å². The molecule has 2 aromatic carbocycles. The maximum atomic E-state index is 12.2. The molecule has 0 unspecified atom stereocenters. The fraction of sp³-hybridized carbons (Fsp3) is 0.235. The second-order valence-electron chi connectivity index (χ2n) is 4.96. The maximum absolute atomic E-state index is 12.2. The van der Waals surface area contributed by atoms with Crippen LogP contribution < -0.4 is 9.47 Å². The molecule has 0 saturated heterocycles. The van der Waals surface area contributed by atoms with Gasteiger partial charge in [-0.3, -0.25) is 0 Å². The van der Waals surface area contributed by atoms with E-state index in [0.717, 1.165) is 5.56 Å². The van der Waals surface area contributed by atoms with Crippen molar-refractivity contribution in [2.24, 2.45) is 0 Å². The van der Waals surface area contributed by atoms with Gasteiger partial charge in [-0.1, -0.05) is 41.9 Å². The Morgan fingerprint density at radius 2 is 1.86 bits per heavy atom. The van der Waals surface area contributed by atoms with E-state index < -0.39 is 18.2 Å². The summed E-state index contributed by atoms with van der Waals surface area (Å²) in [6.45, 7) is 1.90. The van der Waals surface area contributed by atoms with Gasteiger partial charge in [0.15, 0.2) is 11.5 Å².